The lowest BCUT2D eigenvalue weighted by Gasteiger charge is -2.21. The van der Waals surface area contributed by atoms with Crippen molar-refractivity contribution in [3.05, 3.63) is 0 Å². The first kappa shape index (κ1) is 10.4. The van der Waals surface area contributed by atoms with Crippen LogP contribution >= 0.6 is 0 Å². The van der Waals surface area contributed by atoms with Crippen LogP contribution in [0.3, 0.4) is 0 Å². The van der Waals surface area contributed by atoms with E-state index < -0.39 is 0 Å². The SMILES string of the molecule is CC(NCC1CCCN1)C1CCOC1. The van der Waals surface area contributed by atoms with E-state index in [1.165, 1.54) is 25.8 Å². The smallest absolute Gasteiger partial charge is 0.0509 e. The van der Waals surface area contributed by atoms with Gasteiger partial charge in [-0.15, -0.1) is 0 Å². The van der Waals surface area contributed by atoms with Crippen molar-refractivity contribution in [2.24, 2.45) is 5.92 Å². The molecule has 2 rings (SSSR count). The third-order valence-electron chi connectivity index (χ3n) is 3.52. The van der Waals surface area contributed by atoms with Gasteiger partial charge in [-0.3, -0.25) is 0 Å². The maximum absolute atomic E-state index is 5.39. The van der Waals surface area contributed by atoms with Gasteiger partial charge in [-0.1, -0.05) is 0 Å². The maximum atomic E-state index is 5.39. The van der Waals surface area contributed by atoms with Gasteiger partial charge >= 0.3 is 0 Å². The van der Waals surface area contributed by atoms with Gasteiger partial charge in [0.2, 0.25) is 0 Å². The minimum absolute atomic E-state index is 0.611. The third kappa shape index (κ3) is 2.69. The Morgan fingerprint density at radius 3 is 3.07 bits per heavy atom. The second kappa shape index (κ2) is 5.10. The van der Waals surface area contributed by atoms with Crippen LogP contribution in [0.15, 0.2) is 0 Å². The zero-order chi connectivity index (χ0) is 9.80. The quantitative estimate of drug-likeness (QED) is 0.699. The fourth-order valence-electron chi connectivity index (χ4n) is 2.37. The summed E-state index contributed by atoms with van der Waals surface area (Å²) in [5.41, 5.74) is 0. The zero-order valence-electron chi connectivity index (χ0n) is 9.09. The highest BCUT2D eigenvalue weighted by Gasteiger charge is 2.23. The molecule has 2 fully saturated rings. The van der Waals surface area contributed by atoms with Gasteiger partial charge in [0.15, 0.2) is 0 Å². The minimum Gasteiger partial charge on any atom is -0.381 e. The molecule has 2 N–H and O–H groups in total. The Morgan fingerprint density at radius 2 is 2.43 bits per heavy atom. The Morgan fingerprint density at radius 1 is 1.50 bits per heavy atom. The summed E-state index contributed by atoms with van der Waals surface area (Å²) in [5, 5.41) is 7.13. The fourth-order valence-corrected chi connectivity index (χ4v) is 2.37. The van der Waals surface area contributed by atoms with Gasteiger partial charge in [-0.05, 0) is 38.6 Å². The van der Waals surface area contributed by atoms with Crippen molar-refractivity contribution >= 4 is 0 Å². The highest BCUT2D eigenvalue weighted by atomic mass is 16.5. The first-order valence-corrected chi connectivity index (χ1v) is 5.91. The lowest BCUT2D eigenvalue weighted by Crippen LogP contribution is -2.41. The summed E-state index contributed by atoms with van der Waals surface area (Å²) in [4.78, 5) is 0. The van der Waals surface area contributed by atoms with Gasteiger partial charge in [0, 0.05) is 25.2 Å². The summed E-state index contributed by atoms with van der Waals surface area (Å²) in [6.45, 7) is 6.52. The van der Waals surface area contributed by atoms with Gasteiger partial charge in [0.1, 0.15) is 0 Å². The van der Waals surface area contributed by atoms with Crippen LogP contribution in [0, 0.1) is 5.92 Å². The highest BCUT2D eigenvalue weighted by Crippen LogP contribution is 2.16. The number of hydrogen-bond acceptors (Lipinski definition) is 3. The van der Waals surface area contributed by atoms with Gasteiger partial charge in [0.25, 0.3) is 0 Å². The molecule has 82 valence electrons. The van der Waals surface area contributed by atoms with Gasteiger partial charge in [-0.2, -0.15) is 0 Å². The second-order valence-corrected chi connectivity index (χ2v) is 4.61. The number of nitrogens with one attached hydrogen (secondary N) is 2. The Hall–Kier alpha value is -0.120. The van der Waals surface area contributed by atoms with Gasteiger partial charge in [0.05, 0.1) is 6.61 Å². The Kier molecular flexibility index (Phi) is 3.79. The van der Waals surface area contributed by atoms with E-state index >= 15 is 0 Å². The van der Waals surface area contributed by atoms with Crippen molar-refractivity contribution in [3.8, 4) is 0 Å². The molecular weight excluding hydrogens is 176 g/mol. The molecule has 0 aromatic carbocycles. The van der Waals surface area contributed by atoms with E-state index in [1.807, 2.05) is 0 Å². The van der Waals surface area contributed by atoms with E-state index in [9.17, 15) is 0 Å². The van der Waals surface area contributed by atoms with E-state index in [-0.39, 0.29) is 0 Å². The highest BCUT2D eigenvalue weighted by molar-refractivity contribution is 4.81. The molecule has 0 aliphatic carbocycles. The first-order chi connectivity index (χ1) is 6.86. The Balaban J connectivity index is 1.63. The predicted molar refractivity (Wildman–Crippen MR) is 57.4 cm³/mol. The Bertz CT molecular complexity index is 163. The number of rotatable bonds is 4. The van der Waals surface area contributed by atoms with Crippen molar-refractivity contribution in [3.63, 3.8) is 0 Å². The van der Waals surface area contributed by atoms with Crippen LogP contribution in [0.5, 0.6) is 0 Å². The lowest BCUT2D eigenvalue weighted by atomic mass is 10.0. The third-order valence-corrected chi connectivity index (χ3v) is 3.52. The van der Waals surface area contributed by atoms with Crippen LogP contribution in [0.4, 0.5) is 0 Å². The molecule has 2 heterocycles. The largest absolute Gasteiger partial charge is 0.381 e. The fraction of sp³-hybridized carbons (Fsp3) is 1.00. The molecule has 0 bridgehead atoms. The predicted octanol–water partition coefficient (Wildman–Crippen LogP) is 0.753. The van der Waals surface area contributed by atoms with Crippen LogP contribution in [0.1, 0.15) is 26.2 Å². The molecule has 0 radical (unpaired) electrons. The van der Waals surface area contributed by atoms with Crippen molar-refractivity contribution < 1.29 is 4.74 Å². The second-order valence-electron chi connectivity index (χ2n) is 4.61. The van der Waals surface area contributed by atoms with Gasteiger partial charge in [-0.25, -0.2) is 0 Å². The Labute approximate surface area is 86.6 Å². The molecule has 2 aliphatic heterocycles. The molecule has 0 aromatic rings. The molecule has 3 nitrogen and oxygen atoms in total. The van der Waals surface area contributed by atoms with Crippen molar-refractivity contribution in [2.75, 3.05) is 26.3 Å². The molecule has 0 aromatic heterocycles. The summed E-state index contributed by atoms with van der Waals surface area (Å²) >= 11 is 0. The maximum Gasteiger partial charge on any atom is 0.0509 e. The van der Waals surface area contributed by atoms with Crippen LogP contribution < -0.4 is 10.6 Å². The molecule has 0 spiro atoms. The number of ether oxygens (including phenoxy) is 1. The van der Waals surface area contributed by atoms with Crippen molar-refractivity contribution in [2.45, 2.75) is 38.3 Å². The van der Waals surface area contributed by atoms with E-state index in [0.29, 0.717) is 12.1 Å². The molecular formula is C11H22N2O. The average molecular weight is 198 g/mol. The zero-order valence-corrected chi connectivity index (χ0v) is 9.09. The van der Waals surface area contributed by atoms with E-state index in [0.717, 1.165) is 25.7 Å². The summed E-state index contributed by atoms with van der Waals surface area (Å²) in [7, 11) is 0. The van der Waals surface area contributed by atoms with Crippen molar-refractivity contribution in [1.29, 1.82) is 0 Å². The summed E-state index contributed by atoms with van der Waals surface area (Å²) < 4.78 is 5.39. The number of hydrogen-bond donors (Lipinski definition) is 2. The van der Waals surface area contributed by atoms with Crippen molar-refractivity contribution in [1.82, 2.24) is 10.6 Å². The van der Waals surface area contributed by atoms with E-state index in [2.05, 4.69) is 17.6 Å². The molecule has 0 amide bonds. The van der Waals surface area contributed by atoms with Crippen LogP contribution in [-0.4, -0.2) is 38.4 Å². The first-order valence-electron chi connectivity index (χ1n) is 5.91. The molecule has 0 saturated carbocycles. The molecule has 3 atom stereocenters. The van der Waals surface area contributed by atoms with Crippen LogP contribution in [-0.2, 0) is 4.74 Å². The topological polar surface area (TPSA) is 33.3 Å². The summed E-state index contributed by atoms with van der Waals surface area (Å²) in [5.74, 6) is 0.733. The standard InChI is InChI=1S/C11H22N2O/c1-9(10-4-6-14-8-10)13-7-11-3-2-5-12-11/h9-13H,2-8H2,1H3. The summed E-state index contributed by atoms with van der Waals surface area (Å²) in [6.07, 6.45) is 3.90. The normalized spacial score (nSPS) is 34.9. The van der Waals surface area contributed by atoms with E-state index in [1.54, 1.807) is 0 Å². The molecule has 14 heavy (non-hydrogen) atoms. The summed E-state index contributed by atoms with van der Waals surface area (Å²) in [6, 6.07) is 1.32. The molecule has 3 heteroatoms. The lowest BCUT2D eigenvalue weighted by molar-refractivity contribution is 0.178. The van der Waals surface area contributed by atoms with Gasteiger partial charge < -0.3 is 15.4 Å². The monoisotopic (exact) mass is 198 g/mol. The van der Waals surface area contributed by atoms with Crippen LogP contribution in [0.25, 0.3) is 0 Å². The van der Waals surface area contributed by atoms with Crippen LogP contribution in [0.2, 0.25) is 0 Å². The molecule has 3 unspecified atom stereocenters. The average Bonchev–Trinajstić information content (AvgIpc) is 2.87. The van der Waals surface area contributed by atoms with E-state index in [4.69, 9.17) is 4.74 Å². The molecule has 2 aliphatic rings. The minimum atomic E-state index is 0.611. The molecule has 2 saturated heterocycles.